The lowest BCUT2D eigenvalue weighted by Crippen LogP contribution is -1.97. The maximum atomic E-state index is 6.04. The monoisotopic (exact) mass is 488 g/mol. The molecular weight excluding hydrogens is 482 g/mol. The van der Waals surface area contributed by atoms with Crippen molar-refractivity contribution < 1.29 is 9.47 Å². The molecule has 0 aliphatic carbocycles. The molecule has 0 radical (unpaired) electrons. The van der Waals surface area contributed by atoms with Crippen LogP contribution in [-0.2, 0) is 0 Å². The summed E-state index contributed by atoms with van der Waals surface area (Å²) < 4.78 is 11.9. The zero-order valence-electron chi connectivity index (χ0n) is 10.4. The van der Waals surface area contributed by atoms with Crippen molar-refractivity contribution in [2.45, 2.75) is 0 Å². The van der Waals surface area contributed by atoms with Gasteiger partial charge in [0.2, 0.25) is 0 Å². The first-order valence-electron chi connectivity index (χ1n) is 5.28. The number of halogens is 4. The quantitative estimate of drug-likeness (QED) is 0.457. The van der Waals surface area contributed by atoms with Gasteiger partial charge in [-0.3, -0.25) is 0 Å². The second kappa shape index (κ2) is 6.64. The molecule has 0 aliphatic heterocycles. The fourth-order valence-corrected chi connectivity index (χ4v) is 2.67. The van der Waals surface area contributed by atoms with Crippen molar-refractivity contribution in [1.82, 2.24) is 9.97 Å². The van der Waals surface area contributed by atoms with Crippen molar-refractivity contribution in [2.75, 3.05) is 14.2 Å². The van der Waals surface area contributed by atoms with Crippen molar-refractivity contribution in [3.63, 3.8) is 0 Å². The second-order valence-corrected chi connectivity index (χ2v) is 6.28. The van der Waals surface area contributed by atoms with Gasteiger partial charge in [-0.2, -0.15) is 0 Å². The van der Waals surface area contributed by atoms with Crippen LogP contribution in [0, 0.1) is 3.57 Å². The van der Waals surface area contributed by atoms with E-state index >= 15 is 0 Å². The zero-order valence-corrected chi connectivity index (χ0v) is 15.6. The highest BCUT2D eigenvalue weighted by molar-refractivity contribution is 14.1. The molecule has 0 N–H and O–H groups in total. The van der Waals surface area contributed by atoms with Crippen LogP contribution in [0.15, 0.2) is 16.6 Å². The largest absolute Gasteiger partial charge is 0.493 e. The molecule has 1 heterocycles. The van der Waals surface area contributed by atoms with E-state index in [4.69, 9.17) is 32.7 Å². The number of benzene rings is 1. The van der Waals surface area contributed by atoms with Crippen molar-refractivity contribution in [3.8, 4) is 22.9 Å². The normalized spacial score (nSPS) is 10.5. The predicted octanol–water partition coefficient (Wildman–Crippen LogP) is 4.83. The average molecular weight is 490 g/mol. The Hall–Kier alpha value is -0.310. The molecule has 2 aromatic rings. The SMILES string of the molecule is COc1cc(Br)c(-c2nc(Cl)c(I)c(Cl)n2)cc1OC. The van der Waals surface area contributed by atoms with Crippen LogP contribution in [0.1, 0.15) is 0 Å². The van der Waals surface area contributed by atoms with E-state index in [2.05, 4.69) is 25.9 Å². The Kier molecular flexibility index (Phi) is 5.33. The molecule has 1 aromatic carbocycles. The first-order valence-corrected chi connectivity index (χ1v) is 7.91. The number of hydrogen-bond donors (Lipinski definition) is 0. The van der Waals surface area contributed by atoms with Gasteiger partial charge in [-0.1, -0.05) is 23.2 Å². The summed E-state index contributed by atoms with van der Waals surface area (Å²) in [5.41, 5.74) is 0.711. The van der Waals surface area contributed by atoms with Crippen LogP contribution in [0.4, 0.5) is 0 Å². The maximum Gasteiger partial charge on any atom is 0.163 e. The minimum atomic E-state index is 0.308. The number of aromatic nitrogens is 2. The molecule has 20 heavy (non-hydrogen) atoms. The first kappa shape index (κ1) is 16.1. The van der Waals surface area contributed by atoms with Gasteiger partial charge in [-0.25, -0.2) is 9.97 Å². The lowest BCUT2D eigenvalue weighted by molar-refractivity contribution is 0.355. The van der Waals surface area contributed by atoms with E-state index in [-0.39, 0.29) is 0 Å². The molecule has 0 atom stereocenters. The van der Waals surface area contributed by atoms with Gasteiger partial charge in [0.05, 0.1) is 17.8 Å². The molecule has 0 fully saturated rings. The summed E-state index contributed by atoms with van der Waals surface area (Å²) in [6, 6.07) is 3.54. The molecule has 0 saturated heterocycles. The van der Waals surface area contributed by atoms with Gasteiger partial charge in [0.25, 0.3) is 0 Å². The van der Waals surface area contributed by atoms with Crippen molar-refractivity contribution in [3.05, 3.63) is 30.5 Å². The molecule has 4 nitrogen and oxygen atoms in total. The van der Waals surface area contributed by atoms with Gasteiger partial charge in [-0.05, 0) is 50.7 Å². The van der Waals surface area contributed by atoms with Crippen molar-refractivity contribution in [2.24, 2.45) is 0 Å². The zero-order chi connectivity index (χ0) is 14.9. The van der Waals surface area contributed by atoms with E-state index in [1.807, 2.05) is 22.6 Å². The number of ether oxygens (including phenoxy) is 2. The van der Waals surface area contributed by atoms with Crippen LogP contribution in [0.2, 0.25) is 10.3 Å². The van der Waals surface area contributed by atoms with Crippen LogP contribution in [0.3, 0.4) is 0 Å². The van der Waals surface area contributed by atoms with Gasteiger partial charge in [0.1, 0.15) is 10.3 Å². The molecule has 0 amide bonds. The smallest absolute Gasteiger partial charge is 0.163 e. The van der Waals surface area contributed by atoms with Crippen LogP contribution < -0.4 is 9.47 Å². The average Bonchev–Trinajstić information content (AvgIpc) is 2.43. The van der Waals surface area contributed by atoms with E-state index in [9.17, 15) is 0 Å². The topological polar surface area (TPSA) is 44.2 Å². The highest BCUT2D eigenvalue weighted by atomic mass is 127. The summed E-state index contributed by atoms with van der Waals surface area (Å²) in [6.45, 7) is 0. The summed E-state index contributed by atoms with van der Waals surface area (Å²) in [7, 11) is 3.13. The second-order valence-electron chi connectivity index (χ2n) is 3.63. The summed E-state index contributed by atoms with van der Waals surface area (Å²) in [4.78, 5) is 8.46. The summed E-state index contributed by atoms with van der Waals surface area (Å²) in [5, 5.41) is 0.615. The standard InChI is InChI=1S/C12H8BrCl2IN2O2/c1-19-7-3-5(6(13)4-8(7)20-2)12-17-10(14)9(16)11(15)18-12/h3-4H,1-2H3. The van der Waals surface area contributed by atoms with Gasteiger partial charge in [0, 0.05) is 10.0 Å². The Labute approximate surface area is 148 Å². The molecule has 2 rings (SSSR count). The molecule has 1 aromatic heterocycles. The molecule has 0 spiro atoms. The summed E-state index contributed by atoms with van der Waals surface area (Å²) in [6.07, 6.45) is 0. The third kappa shape index (κ3) is 3.13. The van der Waals surface area contributed by atoms with Gasteiger partial charge in [-0.15, -0.1) is 0 Å². The third-order valence-electron chi connectivity index (χ3n) is 2.48. The Bertz CT molecular complexity index is 647. The Morgan fingerprint density at radius 3 is 2.05 bits per heavy atom. The number of nitrogens with zero attached hydrogens (tertiary/aromatic N) is 2. The highest BCUT2D eigenvalue weighted by Crippen LogP contribution is 2.38. The van der Waals surface area contributed by atoms with E-state index in [1.165, 1.54) is 0 Å². The molecule has 106 valence electrons. The molecule has 0 unspecified atom stereocenters. The molecule has 8 heteroatoms. The highest BCUT2D eigenvalue weighted by Gasteiger charge is 2.16. The van der Waals surface area contributed by atoms with E-state index < -0.39 is 0 Å². The molecule has 0 bridgehead atoms. The predicted molar refractivity (Wildman–Crippen MR) is 91.0 cm³/mol. The number of rotatable bonds is 3. The number of hydrogen-bond acceptors (Lipinski definition) is 4. The third-order valence-corrected chi connectivity index (χ3v) is 5.35. The Morgan fingerprint density at radius 1 is 1.05 bits per heavy atom. The molecule has 0 saturated carbocycles. The number of methoxy groups -OCH3 is 2. The van der Waals surface area contributed by atoms with Crippen molar-refractivity contribution >= 4 is 61.7 Å². The minimum absolute atomic E-state index is 0.308. The Morgan fingerprint density at radius 2 is 1.55 bits per heavy atom. The fourth-order valence-electron chi connectivity index (χ4n) is 1.54. The van der Waals surface area contributed by atoms with Crippen LogP contribution in [0.5, 0.6) is 11.5 Å². The van der Waals surface area contributed by atoms with Crippen molar-refractivity contribution in [1.29, 1.82) is 0 Å². The van der Waals surface area contributed by atoms with E-state index in [0.717, 1.165) is 4.47 Å². The lowest BCUT2D eigenvalue weighted by atomic mass is 10.2. The van der Waals surface area contributed by atoms with Gasteiger partial charge >= 0.3 is 0 Å². The summed E-state index contributed by atoms with van der Waals surface area (Å²) >= 11 is 17.5. The molecular formula is C12H8BrCl2IN2O2. The summed E-state index contributed by atoms with van der Waals surface area (Å²) in [5.74, 6) is 1.58. The molecule has 0 aliphatic rings. The van der Waals surface area contributed by atoms with E-state index in [1.54, 1.807) is 26.4 Å². The Balaban J connectivity index is 2.63. The lowest BCUT2D eigenvalue weighted by Gasteiger charge is -2.11. The van der Waals surface area contributed by atoms with Crippen LogP contribution >= 0.6 is 61.7 Å². The van der Waals surface area contributed by atoms with Crippen LogP contribution in [0.25, 0.3) is 11.4 Å². The van der Waals surface area contributed by atoms with E-state index in [0.29, 0.717) is 36.8 Å². The maximum absolute atomic E-state index is 6.04. The fraction of sp³-hybridized carbons (Fsp3) is 0.167. The first-order chi connectivity index (χ1) is 9.47. The van der Waals surface area contributed by atoms with Gasteiger partial charge in [0.15, 0.2) is 17.3 Å². The minimum Gasteiger partial charge on any atom is -0.493 e. The van der Waals surface area contributed by atoms with Gasteiger partial charge < -0.3 is 9.47 Å². The van der Waals surface area contributed by atoms with Crippen LogP contribution in [-0.4, -0.2) is 24.2 Å².